The number of rotatable bonds is 6. The minimum atomic E-state index is -2.96. The highest BCUT2D eigenvalue weighted by Gasteiger charge is 2.19. The number of sulfone groups is 1. The van der Waals surface area contributed by atoms with Crippen LogP contribution in [0.5, 0.6) is 0 Å². The van der Waals surface area contributed by atoms with Gasteiger partial charge in [0, 0.05) is 18.0 Å². The molecule has 0 bridgehead atoms. The summed E-state index contributed by atoms with van der Waals surface area (Å²) in [5.41, 5.74) is 2.78. The molecule has 2 aromatic rings. The fourth-order valence-electron chi connectivity index (χ4n) is 3.19. The van der Waals surface area contributed by atoms with Crippen LogP contribution in [0.4, 0.5) is 5.82 Å². The number of fused-ring (bicyclic) bond motifs is 1. The van der Waals surface area contributed by atoms with Crippen molar-refractivity contribution in [2.75, 3.05) is 16.8 Å². The van der Waals surface area contributed by atoms with Crippen LogP contribution < -0.4 is 5.32 Å². The fourth-order valence-corrected chi connectivity index (χ4v) is 3.94. The van der Waals surface area contributed by atoms with Crippen LogP contribution in [0, 0.1) is 0 Å². The molecule has 1 aliphatic carbocycles. The first kappa shape index (κ1) is 17.0. The van der Waals surface area contributed by atoms with E-state index in [9.17, 15) is 8.42 Å². The van der Waals surface area contributed by atoms with E-state index in [2.05, 4.69) is 34.7 Å². The van der Waals surface area contributed by atoms with Gasteiger partial charge in [-0.25, -0.2) is 8.42 Å². The Kier molecular flexibility index (Phi) is 5.23. The second kappa shape index (κ2) is 7.38. The molecule has 0 aliphatic heterocycles. The van der Waals surface area contributed by atoms with Crippen molar-refractivity contribution in [3.8, 4) is 0 Å². The Morgan fingerprint density at radius 2 is 2.08 bits per heavy atom. The van der Waals surface area contributed by atoms with Gasteiger partial charge in [-0.15, -0.1) is 0 Å². The summed E-state index contributed by atoms with van der Waals surface area (Å²) in [6.45, 7) is 2.08. The highest BCUT2D eigenvalue weighted by molar-refractivity contribution is 7.91. The number of nitrogens with zero attached hydrogens (tertiary/aromatic N) is 2. The number of aromatic nitrogens is 2. The lowest BCUT2D eigenvalue weighted by Gasteiger charge is -2.19. The molecule has 130 valence electrons. The smallest absolute Gasteiger partial charge is 0.151 e. The molecule has 0 saturated heterocycles. The van der Waals surface area contributed by atoms with E-state index < -0.39 is 9.84 Å². The normalized spacial score (nSPS) is 18.0. The van der Waals surface area contributed by atoms with E-state index in [1.165, 1.54) is 24.0 Å². The van der Waals surface area contributed by atoms with E-state index in [0.717, 1.165) is 18.7 Å². The maximum atomic E-state index is 11.6. The van der Waals surface area contributed by atoms with Crippen LogP contribution in [0.25, 0.3) is 0 Å². The van der Waals surface area contributed by atoms with Crippen molar-refractivity contribution in [2.45, 2.75) is 45.2 Å². The Labute approximate surface area is 144 Å². The molecule has 5 nitrogen and oxygen atoms in total. The maximum absolute atomic E-state index is 11.6. The summed E-state index contributed by atoms with van der Waals surface area (Å²) in [6.07, 6.45) is 6.49. The lowest BCUT2D eigenvalue weighted by atomic mass is 9.99. The fraction of sp³-hybridized carbons (Fsp3) is 0.500. The van der Waals surface area contributed by atoms with E-state index in [-0.39, 0.29) is 17.5 Å². The van der Waals surface area contributed by atoms with Crippen molar-refractivity contribution in [1.82, 2.24) is 9.78 Å². The van der Waals surface area contributed by atoms with E-state index in [1.54, 1.807) is 11.6 Å². The molecule has 0 fully saturated rings. The van der Waals surface area contributed by atoms with Gasteiger partial charge in [-0.2, -0.15) is 5.10 Å². The van der Waals surface area contributed by atoms with Crippen LogP contribution in [-0.2, 0) is 22.8 Å². The first-order valence-corrected chi connectivity index (χ1v) is 10.5. The van der Waals surface area contributed by atoms with Crippen LogP contribution in [0.1, 0.15) is 43.4 Å². The molecule has 1 atom stereocenters. The van der Waals surface area contributed by atoms with Gasteiger partial charge in [0.15, 0.2) is 9.84 Å². The summed E-state index contributed by atoms with van der Waals surface area (Å²) in [6, 6.07) is 10.8. The van der Waals surface area contributed by atoms with Gasteiger partial charge in [-0.05, 0) is 30.4 Å². The largest absolute Gasteiger partial charge is 0.362 e. The van der Waals surface area contributed by atoms with Crippen LogP contribution in [0.3, 0.4) is 0 Å². The average molecular weight is 347 g/mol. The zero-order chi connectivity index (χ0) is 17.0. The van der Waals surface area contributed by atoms with Gasteiger partial charge in [0.05, 0.1) is 18.3 Å². The van der Waals surface area contributed by atoms with Crippen molar-refractivity contribution in [3.05, 3.63) is 47.7 Å². The predicted molar refractivity (Wildman–Crippen MR) is 96.9 cm³/mol. The lowest BCUT2D eigenvalue weighted by Crippen LogP contribution is -2.15. The average Bonchev–Trinajstić information content (AvgIpc) is 2.94. The molecule has 1 aromatic carbocycles. The molecular formula is C18H25N3O2S. The Morgan fingerprint density at radius 3 is 2.92 bits per heavy atom. The zero-order valence-corrected chi connectivity index (χ0v) is 14.9. The summed E-state index contributed by atoms with van der Waals surface area (Å²) in [4.78, 5) is 0. The van der Waals surface area contributed by atoms with Gasteiger partial charge in [0.1, 0.15) is 5.82 Å². The Balaban J connectivity index is 1.69. The summed E-state index contributed by atoms with van der Waals surface area (Å²) >= 11 is 0. The molecule has 1 aliphatic rings. The lowest BCUT2D eigenvalue weighted by molar-refractivity contribution is 0.581. The topological polar surface area (TPSA) is 64.0 Å². The van der Waals surface area contributed by atoms with Crippen LogP contribution in [-0.4, -0.2) is 29.7 Å². The highest BCUT2D eigenvalue weighted by atomic mass is 32.2. The van der Waals surface area contributed by atoms with E-state index in [4.69, 9.17) is 0 Å². The molecule has 0 unspecified atom stereocenters. The highest BCUT2D eigenvalue weighted by Crippen LogP contribution is 2.30. The minimum absolute atomic E-state index is 0.136. The van der Waals surface area contributed by atoms with E-state index in [0.29, 0.717) is 6.54 Å². The van der Waals surface area contributed by atoms with Crippen molar-refractivity contribution in [3.63, 3.8) is 0 Å². The number of aryl methyl sites for hydroxylation is 2. The minimum Gasteiger partial charge on any atom is -0.362 e. The quantitative estimate of drug-likeness (QED) is 0.815. The Hall–Kier alpha value is -1.82. The van der Waals surface area contributed by atoms with Crippen molar-refractivity contribution >= 4 is 15.7 Å². The third-order valence-electron chi connectivity index (χ3n) is 4.65. The van der Waals surface area contributed by atoms with Gasteiger partial charge in [0.2, 0.25) is 0 Å². The first-order chi connectivity index (χ1) is 11.6. The molecule has 24 heavy (non-hydrogen) atoms. The Morgan fingerprint density at radius 1 is 1.25 bits per heavy atom. The van der Waals surface area contributed by atoms with Crippen molar-refractivity contribution in [1.29, 1.82) is 0 Å². The van der Waals surface area contributed by atoms with Crippen molar-refractivity contribution in [2.24, 2.45) is 0 Å². The van der Waals surface area contributed by atoms with Gasteiger partial charge >= 0.3 is 0 Å². The molecule has 3 rings (SSSR count). The van der Waals surface area contributed by atoms with E-state index >= 15 is 0 Å². The number of hydrogen-bond donors (Lipinski definition) is 1. The summed E-state index contributed by atoms with van der Waals surface area (Å²) in [7, 11) is -2.96. The number of hydrogen-bond acceptors (Lipinski definition) is 4. The van der Waals surface area contributed by atoms with Gasteiger partial charge in [-0.1, -0.05) is 37.6 Å². The predicted octanol–water partition coefficient (Wildman–Crippen LogP) is 3.20. The zero-order valence-electron chi connectivity index (χ0n) is 14.1. The monoisotopic (exact) mass is 347 g/mol. The Bertz CT molecular complexity index is 783. The van der Waals surface area contributed by atoms with Crippen LogP contribution >= 0.6 is 0 Å². The van der Waals surface area contributed by atoms with Gasteiger partial charge in [0.25, 0.3) is 0 Å². The summed E-state index contributed by atoms with van der Waals surface area (Å²) < 4.78 is 24.9. The second-order valence-electron chi connectivity index (χ2n) is 6.34. The molecule has 1 N–H and O–H groups in total. The standard InChI is InChI=1S/C18H25N3O2S/c1-2-24(22,23)14-13-21-12-11-18(20-21)19-17-10-6-4-8-15-7-3-5-9-16(15)17/h3,5,7,9,11-12,17H,2,4,6,8,10,13-14H2,1H3,(H,19,20)/t17-/m1/s1. The van der Waals surface area contributed by atoms with Crippen molar-refractivity contribution < 1.29 is 8.42 Å². The number of anilines is 1. The molecule has 6 heteroatoms. The first-order valence-electron chi connectivity index (χ1n) is 8.65. The molecule has 0 saturated carbocycles. The van der Waals surface area contributed by atoms with Gasteiger partial charge < -0.3 is 5.32 Å². The molecule has 1 heterocycles. The number of nitrogens with one attached hydrogen (secondary N) is 1. The molecule has 0 amide bonds. The summed E-state index contributed by atoms with van der Waals surface area (Å²) in [5.74, 6) is 1.13. The van der Waals surface area contributed by atoms with Crippen LogP contribution in [0.2, 0.25) is 0 Å². The third-order valence-corrected chi connectivity index (χ3v) is 6.34. The molecule has 1 aromatic heterocycles. The maximum Gasteiger partial charge on any atom is 0.151 e. The molecule has 0 spiro atoms. The van der Waals surface area contributed by atoms with E-state index in [1.807, 2.05) is 12.3 Å². The summed E-state index contributed by atoms with van der Waals surface area (Å²) in [5, 5.41) is 8.01. The molecule has 0 radical (unpaired) electrons. The third kappa shape index (κ3) is 4.17. The molecular weight excluding hydrogens is 322 g/mol. The number of benzene rings is 1. The van der Waals surface area contributed by atoms with Gasteiger partial charge in [-0.3, -0.25) is 4.68 Å². The second-order valence-corrected chi connectivity index (χ2v) is 8.81. The van der Waals surface area contributed by atoms with Crippen LogP contribution in [0.15, 0.2) is 36.5 Å². The SMILES string of the molecule is CCS(=O)(=O)CCn1ccc(N[C@@H]2CCCCc3ccccc32)n1.